The standard InChI is InChI=1S/C17H18O3S/c1-3-16(21(2,19)20)17(18)15-11-9-14(10-12-15)13-7-5-4-6-8-13/h4-12,16H,3H2,1-2H3/t16-/m0/s1. The van der Waals surface area contributed by atoms with Crippen LogP contribution < -0.4 is 0 Å². The van der Waals surface area contributed by atoms with Gasteiger partial charge < -0.3 is 0 Å². The maximum absolute atomic E-state index is 12.3. The van der Waals surface area contributed by atoms with Gasteiger partial charge in [-0.1, -0.05) is 61.5 Å². The third-order valence-corrected chi connectivity index (χ3v) is 5.04. The normalized spacial score (nSPS) is 12.9. The quantitative estimate of drug-likeness (QED) is 0.796. The monoisotopic (exact) mass is 302 g/mol. The SMILES string of the molecule is CC[C@@H](C(=O)c1ccc(-c2ccccc2)cc1)S(C)(=O)=O. The molecule has 0 aliphatic carbocycles. The van der Waals surface area contributed by atoms with Crippen LogP contribution in [0, 0.1) is 0 Å². The molecule has 0 N–H and O–H groups in total. The van der Waals surface area contributed by atoms with Gasteiger partial charge in [0, 0.05) is 11.8 Å². The molecular formula is C17H18O3S. The van der Waals surface area contributed by atoms with Crippen molar-refractivity contribution in [3.8, 4) is 11.1 Å². The van der Waals surface area contributed by atoms with E-state index in [1.165, 1.54) is 0 Å². The molecule has 21 heavy (non-hydrogen) atoms. The van der Waals surface area contributed by atoms with Crippen LogP contribution in [0.15, 0.2) is 54.6 Å². The van der Waals surface area contributed by atoms with Gasteiger partial charge in [0.2, 0.25) is 0 Å². The van der Waals surface area contributed by atoms with Crippen LogP contribution in [0.2, 0.25) is 0 Å². The van der Waals surface area contributed by atoms with E-state index in [-0.39, 0.29) is 12.2 Å². The number of sulfone groups is 1. The van der Waals surface area contributed by atoms with E-state index in [0.717, 1.165) is 17.4 Å². The Bertz CT molecular complexity index is 716. The van der Waals surface area contributed by atoms with Crippen molar-refractivity contribution in [1.82, 2.24) is 0 Å². The number of hydrogen-bond acceptors (Lipinski definition) is 3. The summed E-state index contributed by atoms with van der Waals surface area (Å²) in [6.07, 6.45) is 1.40. The molecule has 2 aromatic rings. The second-order valence-corrected chi connectivity index (χ2v) is 7.26. The summed E-state index contributed by atoms with van der Waals surface area (Å²) in [4.78, 5) is 12.3. The maximum Gasteiger partial charge on any atom is 0.180 e. The number of ketones is 1. The van der Waals surface area contributed by atoms with E-state index in [0.29, 0.717) is 5.56 Å². The molecule has 0 aliphatic heterocycles. The third-order valence-electron chi connectivity index (χ3n) is 3.46. The fourth-order valence-electron chi connectivity index (χ4n) is 2.33. The zero-order valence-corrected chi connectivity index (χ0v) is 12.9. The van der Waals surface area contributed by atoms with Gasteiger partial charge in [0.05, 0.1) is 0 Å². The molecule has 0 unspecified atom stereocenters. The first-order valence-corrected chi connectivity index (χ1v) is 8.77. The lowest BCUT2D eigenvalue weighted by molar-refractivity contribution is 0.0985. The second-order valence-electron chi connectivity index (χ2n) is 5.03. The molecule has 0 aromatic heterocycles. The molecule has 4 heteroatoms. The van der Waals surface area contributed by atoms with Crippen LogP contribution in [-0.4, -0.2) is 25.7 Å². The van der Waals surface area contributed by atoms with E-state index in [4.69, 9.17) is 0 Å². The minimum atomic E-state index is -3.37. The average Bonchev–Trinajstić information content (AvgIpc) is 2.47. The first kappa shape index (κ1) is 15.4. The lowest BCUT2D eigenvalue weighted by Crippen LogP contribution is -2.28. The molecule has 0 heterocycles. The van der Waals surface area contributed by atoms with Crippen molar-refractivity contribution < 1.29 is 13.2 Å². The van der Waals surface area contributed by atoms with Crippen LogP contribution in [0.1, 0.15) is 23.7 Å². The molecule has 0 bridgehead atoms. The summed E-state index contributed by atoms with van der Waals surface area (Å²) in [5, 5.41) is -0.958. The molecule has 2 aromatic carbocycles. The third kappa shape index (κ3) is 3.58. The molecule has 0 amide bonds. The summed E-state index contributed by atoms with van der Waals surface area (Å²) in [5.41, 5.74) is 2.50. The van der Waals surface area contributed by atoms with E-state index in [2.05, 4.69) is 0 Å². The van der Waals surface area contributed by atoms with Gasteiger partial charge in [0.15, 0.2) is 15.6 Å². The average molecular weight is 302 g/mol. The second kappa shape index (κ2) is 6.22. The lowest BCUT2D eigenvalue weighted by Gasteiger charge is -2.12. The van der Waals surface area contributed by atoms with Crippen molar-refractivity contribution in [2.24, 2.45) is 0 Å². The van der Waals surface area contributed by atoms with Crippen LogP contribution in [0.3, 0.4) is 0 Å². The highest BCUT2D eigenvalue weighted by molar-refractivity contribution is 7.92. The summed E-state index contributed by atoms with van der Waals surface area (Å²) in [7, 11) is -3.37. The minimum Gasteiger partial charge on any atom is -0.293 e. The van der Waals surface area contributed by atoms with Gasteiger partial charge in [0.25, 0.3) is 0 Å². The highest BCUT2D eigenvalue weighted by Crippen LogP contribution is 2.21. The Morgan fingerprint density at radius 1 is 0.952 bits per heavy atom. The van der Waals surface area contributed by atoms with Crippen LogP contribution in [0.4, 0.5) is 0 Å². The summed E-state index contributed by atoms with van der Waals surface area (Å²) >= 11 is 0. The van der Waals surface area contributed by atoms with Crippen molar-refractivity contribution in [2.45, 2.75) is 18.6 Å². The van der Waals surface area contributed by atoms with Gasteiger partial charge in [-0.05, 0) is 17.5 Å². The molecule has 2 rings (SSSR count). The smallest absolute Gasteiger partial charge is 0.180 e. The van der Waals surface area contributed by atoms with Crippen LogP contribution >= 0.6 is 0 Å². The predicted molar refractivity (Wildman–Crippen MR) is 85.1 cm³/mol. The summed E-state index contributed by atoms with van der Waals surface area (Å²) in [6.45, 7) is 1.71. The zero-order valence-electron chi connectivity index (χ0n) is 12.1. The zero-order chi connectivity index (χ0) is 15.5. The van der Waals surface area contributed by atoms with E-state index >= 15 is 0 Å². The van der Waals surface area contributed by atoms with Gasteiger partial charge in [-0.15, -0.1) is 0 Å². The molecule has 0 aliphatic rings. The van der Waals surface area contributed by atoms with Crippen LogP contribution in [-0.2, 0) is 9.84 Å². The summed E-state index contributed by atoms with van der Waals surface area (Å²) in [6, 6.07) is 16.9. The number of carbonyl (C=O) groups excluding carboxylic acids is 1. The molecule has 3 nitrogen and oxygen atoms in total. The summed E-state index contributed by atoms with van der Waals surface area (Å²) < 4.78 is 23.3. The Morgan fingerprint density at radius 2 is 1.48 bits per heavy atom. The Hall–Kier alpha value is -1.94. The van der Waals surface area contributed by atoms with Gasteiger partial charge in [-0.3, -0.25) is 4.79 Å². The maximum atomic E-state index is 12.3. The fourth-order valence-corrected chi connectivity index (χ4v) is 3.46. The van der Waals surface area contributed by atoms with Crippen molar-refractivity contribution in [1.29, 1.82) is 0 Å². The molecule has 0 spiro atoms. The number of Topliss-reactive ketones (excluding diaryl/α,β-unsaturated/α-hetero) is 1. The molecule has 1 atom stereocenters. The number of hydrogen-bond donors (Lipinski definition) is 0. The minimum absolute atomic E-state index is 0.290. The van der Waals surface area contributed by atoms with E-state index in [1.807, 2.05) is 42.5 Å². The highest BCUT2D eigenvalue weighted by Gasteiger charge is 2.27. The molecule has 0 radical (unpaired) electrons. The Kier molecular flexibility index (Phi) is 4.58. The fraction of sp³-hybridized carbons (Fsp3) is 0.235. The van der Waals surface area contributed by atoms with E-state index < -0.39 is 15.1 Å². The largest absolute Gasteiger partial charge is 0.293 e. The molecule has 0 saturated carbocycles. The van der Waals surface area contributed by atoms with Crippen molar-refractivity contribution in [3.63, 3.8) is 0 Å². The first-order chi connectivity index (χ1) is 9.93. The topological polar surface area (TPSA) is 51.2 Å². The van der Waals surface area contributed by atoms with Crippen molar-refractivity contribution in [3.05, 3.63) is 60.2 Å². The van der Waals surface area contributed by atoms with Gasteiger partial charge in [0.1, 0.15) is 5.25 Å². The molecule has 0 saturated heterocycles. The predicted octanol–water partition coefficient (Wildman–Crippen LogP) is 3.36. The first-order valence-electron chi connectivity index (χ1n) is 6.82. The Balaban J connectivity index is 2.29. The number of carbonyl (C=O) groups is 1. The van der Waals surface area contributed by atoms with Gasteiger partial charge >= 0.3 is 0 Å². The molecule has 110 valence electrons. The molecular weight excluding hydrogens is 284 g/mol. The van der Waals surface area contributed by atoms with E-state index in [1.54, 1.807) is 19.1 Å². The molecule has 0 fully saturated rings. The van der Waals surface area contributed by atoms with Gasteiger partial charge in [-0.2, -0.15) is 0 Å². The summed E-state index contributed by atoms with van der Waals surface area (Å²) in [5.74, 6) is -0.334. The van der Waals surface area contributed by atoms with Gasteiger partial charge in [-0.25, -0.2) is 8.42 Å². The lowest BCUT2D eigenvalue weighted by atomic mass is 10.0. The highest BCUT2D eigenvalue weighted by atomic mass is 32.2. The van der Waals surface area contributed by atoms with Crippen molar-refractivity contribution in [2.75, 3.05) is 6.26 Å². The Labute approximate surface area is 125 Å². The number of benzene rings is 2. The van der Waals surface area contributed by atoms with Crippen LogP contribution in [0.25, 0.3) is 11.1 Å². The number of rotatable bonds is 5. The Morgan fingerprint density at radius 3 is 1.95 bits per heavy atom. The van der Waals surface area contributed by atoms with E-state index in [9.17, 15) is 13.2 Å². The van der Waals surface area contributed by atoms with Crippen LogP contribution in [0.5, 0.6) is 0 Å². The van der Waals surface area contributed by atoms with Crippen molar-refractivity contribution >= 4 is 15.6 Å².